The van der Waals surface area contributed by atoms with Crippen molar-refractivity contribution >= 4 is 0 Å². The molecular weight excluding hydrogens is 759 g/mol. The van der Waals surface area contributed by atoms with Gasteiger partial charge in [0, 0.05) is 27.2 Å². The summed E-state index contributed by atoms with van der Waals surface area (Å²) in [7, 11) is 2.80. The van der Waals surface area contributed by atoms with Gasteiger partial charge in [0.2, 0.25) is 0 Å². The van der Waals surface area contributed by atoms with Gasteiger partial charge in [-0.2, -0.15) is 26.3 Å². The maximum atomic E-state index is 11.6. The van der Waals surface area contributed by atoms with Gasteiger partial charge in [-0.3, -0.25) is 0 Å². The molecule has 0 bridgehead atoms. The third-order valence-electron chi connectivity index (χ3n) is 8.70. The van der Waals surface area contributed by atoms with Crippen molar-refractivity contribution in [2.75, 3.05) is 20.8 Å². The lowest BCUT2D eigenvalue weighted by atomic mass is 9.84. The summed E-state index contributed by atoms with van der Waals surface area (Å²) < 4.78 is 76.2. The van der Waals surface area contributed by atoms with Crippen LogP contribution in [0, 0.1) is 39.9 Å². The average Bonchev–Trinajstić information content (AvgIpc) is 3.08. The molecule has 0 spiro atoms. The highest BCUT2D eigenvalue weighted by molar-refractivity contribution is 4.66. The van der Waals surface area contributed by atoms with E-state index in [1.165, 1.54) is 77.6 Å². The normalized spacial score (nSPS) is 13.3. The summed E-state index contributed by atoms with van der Waals surface area (Å²) in [5, 5.41) is 0. The Kier molecular flexibility index (Phi) is 67.1. The fraction of sp³-hybridized carbons (Fsp3) is 1.00. The zero-order valence-corrected chi connectivity index (χ0v) is 45.4. The maximum Gasteiger partial charge on any atom is 0.414 e. The van der Waals surface area contributed by atoms with Crippen LogP contribution in [0.3, 0.4) is 0 Å². The first kappa shape index (κ1) is 78.9. The second-order valence-electron chi connectivity index (χ2n) is 20.1. The second-order valence-corrected chi connectivity index (χ2v) is 20.1. The first-order chi connectivity index (χ1) is 26.4. The summed E-state index contributed by atoms with van der Waals surface area (Å²) in [5.74, 6) is 3.66. The van der Waals surface area contributed by atoms with Gasteiger partial charge in [-0.25, -0.2) is 0 Å². The predicted molar refractivity (Wildman–Crippen MR) is 258 cm³/mol. The largest absolute Gasteiger partial charge is 0.414 e. The highest BCUT2D eigenvalue weighted by Crippen LogP contribution is 2.28. The van der Waals surface area contributed by atoms with E-state index < -0.39 is 24.9 Å². The van der Waals surface area contributed by atoms with Gasteiger partial charge >= 0.3 is 12.4 Å². The minimum atomic E-state index is -4.20. The minimum absolute atomic E-state index is 0.0278. The van der Waals surface area contributed by atoms with Gasteiger partial charge in [0.15, 0.2) is 6.10 Å². The average molecular weight is 873 g/mol. The van der Waals surface area contributed by atoms with E-state index in [2.05, 4.69) is 164 Å². The predicted octanol–water partition coefficient (Wildman–Crippen LogP) is 20.7. The second kappa shape index (κ2) is 50.1. The Morgan fingerprint density at radius 2 is 0.780 bits per heavy atom. The molecule has 1 saturated carbocycles. The topological polar surface area (TPSA) is 18.5 Å². The molecule has 1 aliphatic carbocycles. The number of hydrogen-bond donors (Lipinski definition) is 0. The van der Waals surface area contributed by atoms with Crippen LogP contribution in [-0.4, -0.2) is 39.3 Å². The van der Waals surface area contributed by atoms with E-state index in [1.807, 2.05) is 0 Å². The van der Waals surface area contributed by atoms with Crippen molar-refractivity contribution in [3.05, 3.63) is 0 Å². The first-order valence-electron chi connectivity index (χ1n) is 23.6. The summed E-state index contributed by atoms with van der Waals surface area (Å²) in [6.45, 7) is 54.3. The van der Waals surface area contributed by atoms with Crippen LogP contribution in [0.4, 0.5) is 26.3 Å². The molecule has 2 nitrogen and oxygen atoms in total. The third-order valence-corrected chi connectivity index (χ3v) is 8.70. The van der Waals surface area contributed by atoms with Gasteiger partial charge in [-0.05, 0) is 46.3 Å². The standard InChI is InChI=1S/C6H14O.C6H12.3C6H14.C5H9F3O.2C5H12.C3H5F3.C3H8/c1-4-6(2)5-7-3;1-2-6-4-3-5-6;2*1-5-6(2,3)4;1-4-6(3)5-2;1-3-4(9-2)5(6,7)8;1-5(2,3)4;1-4-5(2)3;1-2-3(4,5)6;1-3-2/h6H,4-5H2,1-3H3;6H,2-5H2,1H3;2*5H2,1-4H3;6H,4-5H2,1-3H3;4H,3H2,1-2H3;1-4H3;5H,4H2,1-3H3;2H2,1H3;3H2,1-2H3. The maximum absolute atomic E-state index is 11.6. The van der Waals surface area contributed by atoms with Crippen LogP contribution in [0.1, 0.15) is 257 Å². The first-order valence-corrected chi connectivity index (χ1v) is 23.6. The van der Waals surface area contributed by atoms with Crippen molar-refractivity contribution in [2.45, 2.75) is 275 Å². The molecule has 0 N–H and O–H groups in total. The minimum Gasteiger partial charge on any atom is -0.384 e. The smallest absolute Gasteiger partial charge is 0.384 e. The Balaban J connectivity index is -0.0000000678. The van der Waals surface area contributed by atoms with Crippen molar-refractivity contribution in [1.29, 1.82) is 0 Å². The quantitative estimate of drug-likeness (QED) is 0.215. The van der Waals surface area contributed by atoms with Crippen LogP contribution in [-0.2, 0) is 9.47 Å². The van der Waals surface area contributed by atoms with E-state index >= 15 is 0 Å². The van der Waals surface area contributed by atoms with Gasteiger partial charge in [-0.1, -0.05) is 244 Å². The molecule has 0 aromatic carbocycles. The number of ether oxygens (including phenoxy) is 2. The molecule has 0 radical (unpaired) electrons. The number of alkyl halides is 6. The lowest BCUT2D eigenvalue weighted by Crippen LogP contribution is -2.29. The van der Waals surface area contributed by atoms with E-state index in [0.29, 0.717) is 16.2 Å². The van der Waals surface area contributed by atoms with Gasteiger partial charge in [0.25, 0.3) is 0 Å². The summed E-state index contributed by atoms with van der Waals surface area (Å²) in [6, 6.07) is 0. The fourth-order valence-electron chi connectivity index (χ4n) is 2.12. The number of methoxy groups -OCH3 is 2. The molecule has 1 fully saturated rings. The highest BCUT2D eigenvalue weighted by atomic mass is 19.4. The molecular formula is C51H114F6O2. The SMILES string of the molecule is CC(C)(C)C.CCC.CCC(C)(C)C.CCC(C)(C)C.CCC(C)C.CCC(C)CC.CCC(C)COC.CCC(F)(F)F.CCC(OC)C(F)(F)F.CCC1CCC1. The molecule has 59 heavy (non-hydrogen) atoms. The van der Waals surface area contributed by atoms with E-state index in [1.54, 1.807) is 7.11 Å². The lowest BCUT2D eigenvalue weighted by molar-refractivity contribution is -0.213. The van der Waals surface area contributed by atoms with Crippen LogP contribution in [0.25, 0.3) is 0 Å². The van der Waals surface area contributed by atoms with E-state index in [4.69, 9.17) is 4.74 Å². The molecule has 2 atom stereocenters. The van der Waals surface area contributed by atoms with Gasteiger partial charge < -0.3 is 9.47 Å². The van der Waals surface area contributed by atoms with Gasteiger partial charge in [-0.15, -0.1) is 0 Å². The number of hydrogen-bond acceptors (Lipinski definition) is 2. The molecule has 372 valence electrons. The fourth-order valence-corrected chi connectivity index (χ4v) is 2.12. The molecule has 1 rings (SSSR count). The van der Waals surface area contributed by atoms with Crippen molar-refractivity contribution in [2.24, 2.45) is 39.9 Å². The Hall–Kier alpha value is -0.500. The summed E-state index contributed by atoms with van der Waals surface area (Å²) in [4.78, 5) is 0. The van der Waals surface area contributed by atoms with Crippen molar-refractivity contribution in [3.8, 4) is 0 Å². The number of halogens is 6. The van der Waals surface area contributed by atoms with E-state index in [0.717, 1.165) is 44.3 Å². The zero-order chi connectivity index (χ0) is 49.7. The zero-order valence-electron chi connectivity index (χ0n) is 45.4. The summed E-state index contributed by atoms with van der Waals surface area (Å²) >= 11 is 0. The van der Waals surface area contributed by atoms with Gasteiger partial charge in [0.05, 0.1) is 0 Å². The van der Waals surface area contributed by atoms with Crippen molar-refractivity contribution < 1.29 is 35.8 Å². The molecule has 1 aliphatic rings. The van der Waals surface area contributed by atoms with E-state index in [-0.39, 0.29) is 6.42 Å². The summed E-state index contributed by atoms with van der Waals surface area (Å²) in [6.07, 6.45) is 4.39. The molecule has 0 amide bonds. The van der Waals surface area contributed by atoms with Gasteiger partial charge in [0.1, 0.15) is 0 Å². The monoisotopic (exact) mass is 873 g/mol. The molecule has 0 aliphatic heterocycles. The molecule has 8 heteroatoms. The highest BCUT2D eigenvalue weighted by Gasteiger charge is 2.38. The van der Waals surface area contributed by atoms with Crippen LogP contribution < -0.4 is 0 Å². The van der Waals surface area contributed by atoms with Crippen molar-refractivity contribution in [1.82, 2.24) is 0 Å². The van der Waals surface area contributed by atoms with Crippen LogP contribution in [0.2, 0.25) is 0 Å². The molecule has 0 aromatic rings. The Labute approximate surface area is 370 Å². The van der Waals surface area contributed by atoms with Crippen LogP contribution in [0.5, 0.6) is 0 Å². The number of rotatable bonds is 9. The third kappa shape index (κ3) is 126. The Bertz CT molecular complexity index is 654. The summed E-state index contributed by atoms with van der Waals surface area (Å²) in [5.41, 5.74) is 1.58. The Morgan fingerprint density at radius 1 is 0.508 bits per heavy atom. The van der Waals surface area contributed by atoms with Crippen molar-refractivity contribution in [3.63, 3.8) is 0 Å². The molecule has 0 aromatic heterocycles. The van der Waals surface area contributed by atoms with Crippen LogP contribution in [0.15, 0.2) is 0 Å². The molecule has 2 unspecified atom stereocenters. The van der Waals surface area contributed by atoms with Crippen LogP contribution >= 0.6 is 0 Å². The Morgan fingerprint density at radius 3 is 0.797 bits per heavy atom. The molecule has 0 heterocycles. The van der Waals surface area contributed by atoms with E-state index in [9.17, 15) is 26.3 Å². The lowest BCUT2D eigenvalue weighted by Gasteiger charge is -2.22. The molecule has 0 saturated heterocycles.